The first-order valence-electron chi connectivity index (χ1n) is 9.69. The number of benzene rings is 2. The monoisotopic (exact) mass is 526 g/mol. The molecule has 2 aromatic rings. The number of rotatable bonds is 8. The fraction of sp³-hybridized carbons (Fsp3) is 0.364. The van der Waals surface area contributed by atoms with Crippen molar-refractivity contribution in [3.63, 3.8) is 0 Å². The molecule has 2 aromatic carbocycles. The number of hydrogen-bond acceptors (Lipinski definition) is 3. The summed E-state index contributed by atoms with van der Waals surface area (Å²) in [4.78, 5) is 16.4. The number of carbonyl (C=O) groups is 1. The second-order valence-corrected chi connectivity index (χ2v) is 7.13. The minimum Gasteiger partial charge on any atom is -0.497 e. The Bertz CT molecular complexity index is 887. The van der Waals surface area contributed by atoms with E-state index in [1.807, 2.05) is 6.07 Å². The van der Waals surface area contributed by atoms with E-state index in [0.29, 0.717) is 36.9 Å². The highest BCUT2D eigenvalue weighted by Gasteiger charge is 2.44. The highest BCUT2D eigenvalue weighted by molar-refractivity contribution is 14.0. The van der Waals surface area contributed by atoms with Gasteiger partial charge in [0, 0.05) is 37.7 Å². The number of amides is 1. The Morgan fingerprint density at radius 3 is 2.50 bits per heavy atom. The Hall–Kier alpha value is -2.36. The first-order chi connectivity index (χ1) is 14.1. The summed E-state index contributed by atoms with van der Waals surface area (Å²) < 4.78 is 18.7. The van der Waals surface area contributed by atoms with Crippen molar-refractivity contribution >= 4 is 35.8 Å². The first kappa shape index (κ1) is 23.9. The van der Waals surface area contributed by atoms with Gasteiger partial charge in [0.2, 0.25) is 0 Å². The zero-order valence-electron chi connectivity index (χ0n) is 17.2. The van der Waals surface area contributed by atoms with Crippen LogP contribution in [0.3, 0.4) is 0 Å². The number of nitrogens with one attached hydrogen (secondary N) is 3. The third-order valence-corrected chi connectivity index (χ3v) is 5.14. The zero-order valence-corrected chi connectivity index (χ0v) is 19.5. The molecule has 1 saturated carbocycles. The lowest BCUT2D eigenvalue weighted by Gasteiger charge is -2.19. The highest BCUT2D eigenvalue weighted by atomic mass is 127. The number of carbonyl (C=O) groups excluding carboxylic acids is 1. The predicted octanol–water partition coefficient (Wildman–Crippen LogP) is 3.08. The maximum atomic E-state index is 13.5. The van der Waals surface area contributed by atoms with Crippen molar-refractivity contribution in [2.45, 2.75) is 18.3 Å². The standard InChI is InChI=1S/C22H27FN4O2.HI/c1-24-21(27-15-22(9-10-22)17-6-4-7-18(23)14-17)26-12-11-25-20(28)16-5-3-8-19(13-16)29-2;/h3-8,13-14H,9-12,15H2,1-2H3,(H,25,28)(H2,24,26,27);1H. The number of guanidine groups is 1. The van der Waals surface area contributed by atoms with Gasteiger partial charge < -0.3 is 20.7 Å². The number of halogens is 2. The zero-order chi connectivity index (χ0) is 20.7. The van der Waals surface area contributed by atoms with Gasteiger partial charge in [-0.25, -0.2) is 4.39 Å². The van der Waals surface area contributed by atoms with E-state index >= 15 is 0 Å². The first-order valence-corrected chi connectivity index (χ1v) is 9.69. The fourth-order valence-corrected chi connectivity index (χ4v) is 3.23. The van der Waals surface area contributed by atoms with Crippen LogP contribution in [-0.2, 0) is 5.41 Å². The van der Waals surface area contributed by atoms with Crippen LogP contribution in [0.25, 0.3) is 0 Å². The molecule has 3 rings (SSSR count). The molecule has 1 aliphatic carbocycles. The minimum absolute atomic E-state index is 0. The van der Waals surface area contributed by atoms with E-state index in [-0.39, 0.29) is 41.1 Å². The summed E-state index contributed by atoms with van der Waals surface area (Å²) in [5, 5.41) is 9.36. The molecular formula is C22H28FIN4O2. The van der Waals surface area contributed by atoms with Crippen molar-refractivity contribution < 1.29 is 13.9 Å². The number of nitrogens with zero attached hydrogens (tertiary/aromatic N) is 1. The van der Waals surface area contributed by atoms with Gasteiger partial charge in [-0.3, -0.25) is 9.79 Å². The molecule has 3 N–H and O–H groups in total. The van der Waals surface area contributed by atoms with Crippen molar-refractivity contribution in [3.8, 4) is 5.75 Å². The van der Waals surface area contributed by atoms with Gasteiger partial charge in [0.1, 0.15) is 11.6 Å². The molecule has 30 heavy (non-hydrogen) atoms. The Labute approximate surface area is 193 Å². The second kappa shape index (κ2) is 11.1. The normalized spacial score (nSPS) is 14.3. The Kier molecular flexibility index (Phi) is 8.88. The van der Waals surface area contributed by atoms with E-state index in [0.717, 1.165) is 18.4 Å². The molecular weight excluding hydrogens is 498 g/mol. The van der Waals surface area contributed by atoms with Crippen LogP contribution in [0, 0.1) is 5.82 Å². The number of aliphatic imine (C=N–C) groups is 1. The molecule has 0 spiro atoms. The van der Waals surface area contributed by atoms with E-state index < -0.39 is 0 Å². The van der Waals surface area contributed by atoms with Gasteiger partial charge in [-0.05, 0) is 48.7 Å². The lowest BCUT2D eigenvalue weighted by Crippen LogP contribution is -2.44. The predicted molar refractivity (Wildman–Crippen MR) is 127 cm³/mol. The molecule has 1 amide bonds. The van der Waals surface area contributed by atoms with Crippen molar-refractivity contribution in [3.05, 3.63) is 65.5 Å². The average molecular weight is 526 g/mol. The lowest BCUT2D eigenvalue weighted by molar-refractivity contribution is 0.0954. The van der Waals surface area contributed by atoms with Crippen LogP contribution in [0.4, 0.5) is 4.39 Å². The molecule has 0 saturated heterocycles. The summed E-state index contributed by atoms with van der Waals surface area (Å²) in [5.41, 5.74) is 1.55. The fourth-order valence-electron chi connectivity index (χ4n) is 3.23. The third-order valence-electron chi connectivity index (χ3n) is 5.14. The quantitative estimate of drug-likeness (QED) is 0.214. The summed E-state index contributed by atoms with van der Waals surface area (Å²) in [6.07, 6.45) is 2.05. The van der Waals surface area contributed by atoms with Crippen LogP contribution in [0.1, 0.15) is 28.8 Å². The van der Waals surface area contributed by atoms with Gasteiger partial charge in [0.15, 0.2) is 5.96 Å². The lowest BCUT2D eigenvalue weighted by atomic mass is 9.96. The van der Waals surface area contributed by atoms with E-state index in [2.05, 4.69) is 20.9 Å². The van der Waals surface area contributed by atoms with Gasteiger partial charge >= 0.3 is 0 Å². The Balaban J connectivity index is 0.00000320. The van der Waals surface area contributed by atoms with Crippen molar-refractivity contribution in [2.24, 2.45) is 4.99 Å². The van der Waals surface area contributed by atoms with E-state index in [1.54, 1.807) is 50.6 Å². The van der Waals surface area contributed by atoms with Gasteiger partial charge in [0.25, 0.3) is 5.91 Å². The van der Waals surface area contributed by atoms with Gasteiger partial charge in [-0.15, -0.1) is 24.0 Å². The van der Waals surface area contributed by atoms with Crippen LogP contribution in [0.5, 0.6) is 5.75 Å². The molecule has 162 valence electrons. The van der Waals surface area contributed by atoms with Crippen molar-refractivity contribution in [1.29, 1.82) is 0 Å². The number of ether oxygens (including phenoxy) is 1. The maximum absolute atomic E-state index is 13.5. The summed E-state index contributed by atoms with van der Waals surface area (Å²) in [6.45, 7) is 1.67. The molecule has 1 aliphatic rings. The van der Waals surface area contributed by atoms with Crippen LogP contribution >= 0.6 is 24.0 Å². The summed E-state index contributed by atoms with van der Waals surface area (Å²) in [7, 11) is 3.27. The minimum atomic E-state index is -0.206. The topological polar surface area (TPSA) is 74.8 Å². The molecule has 1 fully saturated rings. The molecule has 0 unspecified atom stereocenters. The molecule has 6 nitrogen and oxygen atoms in total. The molecule has 0 heterocycles. The molecule has 0 atom stereocenters. The van der Waals surface area contributed by atoms with Crippen LogP contribution in [0.2, 0.25) is 0 Å². The molecule has 0 aliphatic heterocycles. The van der Waals surface area contributed by atoms with E-state index in [4.69, 9.17) is 4.74 Å². The van der Waals surface area contributed by atoms with Crippen LogP contribution in [0.15, 0.2) is 53.5 Å². The van der Waals surface area contributed by atoms with Crippen LogP contribution < -0.4 is 20.7 Å². The van der Waals surface area contributed by atoms with Gasteiger partial charge in [0.05, 0.1) is 7.11 Å². The number of hydrogen-bond donors (Lipinski definition) is 3. The molecule has 0 radical (unpaired) electrons. The molecule has 0 aromatic heterocycles. The smallest absolute Gasteiger partial charge is 0.251 e. The summed E-state index contributed by atoms with van der Waals surface area (Å²) in [5.74, 6) is 0.940. The largest absolute Gasteiger partial charge is 0.497 e. The van der Waals surface area contributed by atoms with E-state index in [1.165, 1.54) is 6.07 Å². The van der Waals surface area contributed by atoms with E-state index in [9.17, 15) is 9.18 Å². The Morgan fingerprint density at radius 1 is 1.10 bits per heavy atom. The third kappa shape index (κ3) is 6.32. The summed E-state index contributed by atoms with van der Waals surface area (Å²) >= 11 is 0. The second-order valence-electron chi connectivity index (χ2n) is 7.13. The van der Waals surface area contributed by atoms with Crippen LogP contribution in [-0.4, -0.2) is 45.7 Å². The average Bonchev–Trinajstić information content (AvgIpc) is 3.54. The van der Waals surface area contributed by atoms with Gasteiger partial charge in [-0.1, -0.05) is 18.2 Å². The summed E-state index contributed by atoms with van der Waals surface area (Å²) in [6, 6.07) is 13.8. The van der Waals surface area contributed by atoms with Gasteiger partial charge in [-0.2, -0.15) is 0 Å². The Morgan fingerprint density at radius 2 is 1.83 bits per heavy atom. The SMILES string of the molecule is CN=C(NCCNC(=O)c1cccc(OC)c1)NCC1(c2cccc(F)c2)CC1.I. The highest BCUT2D eigenvalue weighted by Crippen LogP contribution is 2.47. The van der Waals surface area contributed by atoms with Crippen molar-refractivity contribution in [1.82, 2.24) is 16.0 Å². The van der Waals surface area contributed by atoms with Crippen molar-refractivity contribution in [2.75, 3.05) is 33.8 Å². The molecule has 0 bridgehead atoms. The number of methoxy groups -OCH3 is 1. The molecule has 8 heteroatoms. The maximum Gasteiger partial charge on any atom is 0.251 e.